The van der Waals surface area contributed by atoms with Crippen LogP contribution in [0.3, 0.4) is 0 Å². The highest BCUT2D eigenvalue weighted by Gasteiger charge is 2.24. The van der Waals surface area contributed by atoms with Gasteiger partial charge in [-0.3, -0.25) is 5.32 Å². The number of anilines is 2. The molecular formula is C25H24F2N4O3S. The van der Waals surface area contributed by atoms with E-state index in [1.54, 1.807) is 30.3 Å². The van der Waals surface area contributed by atoms with Crippen LogP contribution in [0.1, 0.15) is 12.8 Å². The molecular weight excluding hydrogens is 474 g/mol. The van der Waals surface area contributed by atoms with Gasteiger partial charge in [0.25, 0.3) is 6.01 Å². The molecule has 3 heterocycles. The van der Waals surface area contributed by atoms with Crippen LogP contribution in [0.4, 0.5) is 25.3 Å². The normalized spacial score (nSPS) is 14.9. The number of carbonyl (C=O) groups excluding carboxylic acids is 1. The zero-order valence-electron chi connectivity index (χ0n) is 19.3. The Labute approximate surface area is 204 Å². The molecule has 5 rings (SSSR count). The molecule has 0 unspecified atom stereocenters. The minimum atomic E-state index is -0.690. The number of hydrogen-bond acceptors (Lipinski definition) is 7. The van der Waals surface area contributed by atoms with Crippen molar-refractivity contribution in [3.8, 4) is 15.5 Å². The van der Waals surface area contributed by atoms with Gasteiger partial charge in [-0.05, 0) is 75.4 Å². The maximum Gasteiger partial charge on any atom is 0.417 e. The Morgan fingerprint density at radius 2 is 1.97 bits per heavy atom. The van der Waals surface area contributed by atoms with E-state index in [0.29, 0.717) is 33.7 Å². The highest BCUT2D eigenvalue weighted by molar-refractivity contribution is 7.17. The Kier molecular flexibility index (Phi) is 6.40. The lowest BCUT2D eigenvalue weighted by Crippen LogP contribution is -2.42. The van der Waals surface area contributed by atoms with Gasteiger partial charge in [0.15, 0.2) is 10.6 Å². The predicted molar refractivity (Wildman–Crippen MR) is 132 cm³/mol. The second-order valence-corrected chi connectivity index (χ2v) is 9.63. The molecule has 1 saturated heterocycles. The number of likely N-dealkylation sites (tertiary alicyclic amines) is 1. The van der Waals surface area contributed by atoms with Crippen molar-refractivity contribution >= 4 is 40.2 Å². The summed E-state index contributed by atoms with van der Waals surface area (Å²) in [5.41, 5.74) is 2.00. The number of rotatable bonds is 5. The lowest BCUT2D eigenvalue weighted by atomic mass is 10.0. The number of ether oxygens (including phenoxy) is 1. The van der Waals surface area contributed by atoms with Crippen LogP contribution in [-0.4, -0.2) is 49.2 Å². The summed E-state index contributed by atoms with van der Waals surface area (Å²) >= 11 is 1.09. The summed E-state index contributed by atoms with van der Waals surface area (Å²) in [5, 5.41) is 2.96. The van der Waals surface area contributed by atoms with E-state index in [0.717, 1.165) is 43.3 Å². The van der Waals surface area contributed by atoms with Crippen LogP contribution in [0.2, 0.25) is 0 Å². The van der Waals surface area contributed by atoms with Crippen LogP contribution in [0.25, 0.3) is 21.5 Å². The van der Waals surface area contributed by atoms with Crippen molar-refractivity contribution < 1.29 is 22.7 Å². The fourth-order valence-corrected chi connectivity index (χ4v) is 5.01. The molecule has 1 amide bonds. The highest BCUT2D eigenvalue weighted by atomic mass is 32.1. The first-order valence-corrected chi connectivity index (χ1v) is 12.0. The molecule has 0 radical (unpaired) electrons. The van der Waals surface area contributed by atoms with Crippen LogP contribution >= 0.6 is 11.3 Å². The Morgan fingerprint density at radius 3 is 2.74 bits per heavy atom. The number of halogens is 2. The lowest BCUT2D eigenvalue weighted by molar-refractivity contribution is 0.216. The molecule has 0 atom stereocenters. The third kappa shape index (κ3) is 5.13. The molecule has 182 valence electrons. The molecule has 0 aliphatic carbocycles. The first-order chi connectivity index (χ1) is 16.9. The van der Waals surface area contributed by atoms with Crippen LogP contribution in [0, 0.1) is 11.6 Å². The fourth-order valence-electron chi connectivity index (χ4n) is 4.13. The molecule has 4 aromatic rings. The maximum absolute atomic E-state index is 14.0. The minimum Gasteiger partial charge on any atom is -0.423 e. The van der Waals surface area contributed by atoms with Crippen LogP contribution < -0.4 is 15.0 Å². The van der Waals surface area contributed by atoms with E-state index in [2.05, 4.69) is 27.1 Å². The van der Waals surface area contributed by atoms with Crippen molar-refractivity contribution in [3.63, 3.8) is 0 Å². The van der Waals surface area contributed by atoms with Gasteiger partial charge in [0.05, 0.1) is 0 Å². The summed E-state index contributed by atoms with van der Waals surface area (Å²) in [6.07, 6.45) is 1.40. The van der Waals surface area contributed by atoms with Crippen LogP contribution in [-0.2, 0) is 0 Å². The summed E-state index contributed by atoms with van der Waals surface area (Å²) in [7, 11) is 4.11. The first kappa shape index (κ1) is 23.3. The summed E-state index contributed by atoms with van der Waals surface area (Å²) in [6, 6.07) is 12.6. The van der Waals surface area contributed by atoms with Gasteiger partial charge in [0.2, 0.25) is 0 Å². The lowest BCUT2D eigenvalue weighted by Gasteiger charge is -2.34. The number of piperidine rings is 1. The molecule has 1 N–H and O–H groups in total. The van der Waals surface area contributed by atoms with Gasteiger partial charge in [0, 0.05) is 35.3 Å². The van der Waals surface area contributed by atoms with Crippen molar-refractivity contribution in [2.24, 2.45) is 0 Å². The largest absolute Gasteiger partial charge is 0.423 e. The van der Waals surface area contributed by atoms with E-state index in [1.807, 2.05) is 7.05 Å². The molecule has 0 bridgehead atoms. The third-order valence-corrected chi connectivity index (χ3v) is 7.13. The number of benzene rings is 2. The standard InChI is InChI=1S/C25H24F2N4O3S/c1-30-11-9-17(10-12-30)31(2)24-29-20-14-16(4-6-21(20)33-24)28-25(32)34-23-8-7-22(35-23)18-5-3-15(26)13-19(18)27/h3-8,13-14,17H,9-12H2,1-2H3,(H,28,32). The second-order valence-electron chi connectivity index (χ2n) is 8.58. The van der Waals surface area contributed by atoms with Gasteiger partial charge in [0.1, 0.15) is 17.2 Å². The van der Waals surface area contributed by atoms with Gasteiger partial charge < -0.3 is 19.0 Å². The average molecular weight is 499 g/mol. The number of carbonyl (C=O) groups is 1. The van der Waals surface area contributed by atoms with Gasteiger partial charge in [-0.1, -0.05) is 11.3 Å². The van der Waals surface area contributed by atoms with Gasteiger partial charge >= 0.3 is 6.09 Å². The van der Waals surface area contributed by atoms with Crippen molar-refractivity contribution in [2.75, 3.05) is 37.4 Å². The SMILES string of the molecule is CN1CCC(N(C)c2nc3cc(NC(=O)Oc4ccc(-c5ccc(F)cc5F)s4)ccc3o2)CC1. The molecule has 7 nitrogen and oxygen atoms in total. The molecule has 2 aromatic heterocycles. The summed E-state index contributed by atoms with van der Waals surface area (Å²) in [6.45, 7) is 2.08. The first-order valence-electron chi connectivity index (χ1n) is 11.2. The van der Waals surface area contributed by atoms with Crippen molar-refractivity contribution in [3.05, 3.63) is 60.2 Å². The number of amides is 1. The Morgan fingerprint density at radius 1 is 1.17 bits per heavy atom. The Hall–Kier alpha value is -3.50. The van der Waals surface area contributed by atoms with Gasteiger partial charge in [-0.2, -0.15) is 4.98 Å². The van der Waals surface area contributed by atoms with E-state index < -0.39 is 17.7 Å². The van der Waals surface area contributed by atoms with E-state index in [4.69, 9.17) is 9.15 Å². The van der Waals surface area contributed by atoms with Crippen LogP contribution in [0.15, 0.2) is 52.9 Å². The van der Waals surface area contributed by atoms with Crippen molar-refractivity contribution in [2.45, 2.75) is 18.9 Å². The van der Waals surface area contributed by atoms with E-state index in [-0.39, 0.29) is 10.6 Å². The number of fused-ring (bicyclic) bond motifs is 1. The molecule has 1 aliphatic heterocycles. The molecule has 1 fully saturated rings. The number of thiophene rings is 1. The number of hydrogen-bond donors (Lipinski definition) is 1. The molecule has 10 heteroatoms. The smallest absolute Gasteiger partial charge is 0.417 e. The van der Waals surface area contributed by atoms with Gasteiger partial charge in [-0.15, -0.1) is 0 Å². The minimum absolute atomic E-state index is 0.240. The maximum atomic E-state index is 14.0. The average Bonchev–Trinajstić information content (AvgIpc) is 3.46. The van der Waals surface area contributed by atoms with Crippen molar-refractivity contribution in [1.29, 1.82) is 0 Å². The van der Waals surface area contributed by atoms with E-state index in [9.17, 15) is 13.6 Å². The molecule has 0 saturated carbocycles. The number of nitrogens with zero attached hydrogens (tertiary/aromatic N) is 3. The zero-order chi connectivity index (χ0) is 24.5. The number of nitrogens with one attached hydrogen (secondary N) is 1. The van der Waals surface area contributed by atoms with Crippen molar-refractivity contribution in [1.82, 2.24) is 9.88 Å². The molecule has 35 heavy (non-hydrogen) atoms. The molecule has 1 aliphatic rings. The highest BCUT2D eigenvalue weighted by Crippen LogP contribution is 2.35. The molecule has 2 aromatic carbocycles. The van der Waals surface area contributed by atoms with E-state index in [1.165, 1.54) is 12.1 Å². The summed E-state index contributed by atoms with van der Waals surface area (Å²) < 4.78 is 38.5. The Balaban J connectivity index is 1.24. The third-order valence-electron chi connectivity index (χ3n) is 6.13. The monoisotopic (exact) mass is 498 g/mol. The fraction of sp³-hybridized carbons (Fsp3) is 0.280. The Bertz CT molecular complexity index is 1360. The summed E-state index contributed by atoms with van der Waals surface area (Å²) in [4.78, 5) is 21.9. The number of aromatic nitrogens is 1. The number of oxazole rings is 1. The van der Waals surface area contributed by atoms with Gasteiger partial charge in [-0.25, -0.2) is 13.6 Å². The van der Waals surface area contributed by atoms with Crippen LogP contribution in [0.5, 0.6) is 5.06 Å². The second kappa shape index (κ2) is 9.63. The predicted octanol–water partition coefficient (Wildman–Crippen LogP) is 5.98. The van der Waals surface area contributed by atoms with E-state index >= 15 is 0 Å². The quantitative estimate of drug-likeness (QED) is 0.365. The topological polar surface area (TPSA) is 70.8 Å². The zero-order valence-corrected chi connectivity index (χ0v) is 20.1. The summed E-state index contributed by atoms with van der Waals surface area (Å²) in [5.74, 6) is -1.33. The molecule has 0 spiro atoms.